The Labute approximate surface area is 265 Å². The van der Waals surface area contributed by atoms with Gasteiger partial charge in [-0.15, -0.1) is 0 Å². The first kappa shape index (κ1) is 33.9. The van der Waals surface area contributed by atoms with Crippen LogP contribution in [0.5, 0.6) is 17.5 Å². The third-order valence-corrected chi connectivity index (χ3v) is 8.81. The normalized spacial score (nSPS) is 23.5. The Morgan fingerprint density at radius 1 is 1.07 bits per heavy atom. The summed E-state index contributed by atoms with van der Waals surface area (Å²) in [7, 11) is 3.26. The fourth-order valence-corrected chi connectivity index (χ4v) is 6.19. The molecule has 0 aromatic carbocycles. The summed E-state index contributed by atoms with van der Waals surface area (Å²) in [6.45, 7) is 10.1. The van der Waals surface area contributed by atoms with Crippen LogP contribution in [0.4, 0.5) is 11.4 Å². The van der Waals surface area contributed by atoms with Crippen LogP contribution < -0.4 is 24.0 Å². The first-order chi connectivity index (χ1) is 21.2. The molecule has 4 rings (SSSR count). The van der Waals surface area contributed by atoms with Gasteiger partial charge in [0, 0.05) is 76.4 Å². The number of ether oxygens (including phenoxy) is 5. The van der Waals surface area contributed by atoms with E-state index in [1.807, 2.05) is 12.1 Å². The van der Waals surface area contributed by atoms with Gasteiger partial charge in [-0.05, 0) is 12.8 Å². The number of piperidine rings is 1. The number of methoxy groups -OCH3 is 2. The zero-order chi connectivity index (χ0) is 31.6. The summed E-state index contributed by atoms with van der Waals surface area (Å²) in [5, 5.41) is 10.3. The van der Waals surface area contributed by atoms with Gasteiger partial charge in [-0.25, -0.2) is 9.97 Å². The fraction of sp³-hybridized carbons (Fsp3) is 0.656. The lowest BCUT2D eigenvalue weighted by Crippen LogP contribution is -2.44. The van der Waals surface area contributed by atoms with Crippen LogP contribution in [0.25, 0.3) is 0 Å². The van der Waals surface area contributed by atoms with Crippen LogP contribution in [0.1, 0.15) is 52.9 Å². The molecule has 2 fully saturated rings. The number of nitrogens with zero attached hydrogens (tertiary/aromatic N) is 4. The fourth-order valence-electron chi connectivity index (χ4n) is 5.96. The van der Waals surface area contributed by atoms with Crippen LogP contribution in [-0.4, -0.2) is 93.0 Å². The summed E-state index contributed by atoms with van der Waals surface area (Å²) in [5.41, 5.74) is 1.70. The molecule has 12 heteroatoms. The van der Waals surface area contributed by atoms with Crippen LogP contribution in [0, 0.1) is 11.8 Å². The maximum atomic E-state index is 11.8. The molecule has 44 heavy (non-hydrogen) atoms. The number of carboxylic acids is 1. The lowest BCUT2D eigenvalue weighted by atomic mass is 9.96. The van der Waals surface area contributed by atoms with Gasteiger partial charge in [0.25, 0.3) is 5.88 Å². The van der Waals surface area contributed by atoms with E-state index < -0.39 is 5.97 Å². The second-order valence-corrected chi connectivity index (χ2v) is 12.1. The molecule has 0 amide bonds. The standard InChI is InChI=1S/C32H47ClN4O7/c1-6-7-12-42-28-14-23(37-20-29(43-13-8-11-40-4)22(3)25(37)16-31(38)39)17-35-32(28)44-27-9-10-36(19-21(27)2)26-15-30(41-5)34-18-24(26)33/h14-15,17-18,21-22,25,27,29H,6-13,16,19-20H2,1-5H3,(H,38,39). The number of aliphatic carboxylic acids is 1. The average molecular weight is 635 g/mol. The van der Waals surface area contributed by atoms with Gasteiger partial charge in [0.05, 0.1) is 55.0 Å². The van der Waals surface area contributed by atoms with Crippen LogP contribution in [0.2, 0.25) is 5.02 Å². The summed E-state index contributed by atoms with van der Waals surface area (Å²) < 4.78 is 29.4. The summed E-state index contributed by atoms with van der Waals surface area (Å²) in [5.74, 6) is 0.904. The third-order valence-electron chi connectivity index (χ3n) is 8.52. The minimum atomic E-state index is -0.842. The molecular formula is C32H47ClN4O7. The summed E-state index contributed by atoms with van der Waals surface area (Å²) in [6, 6.07) is 3.57. The molecule has 2 aromatic heterocycles. The van der Waals surface area contributed by atoms with E-state index >= 15 is 0 Å². The number of aromatic nitrogens is 2. The van der Waals surface area contributed by atoms with Crippen LogP contribution in [-0.2, 0) is 14.3 Å². The Hall–Kier alpha value is -3.02. The third kappa shape index (κ3) is 8.57. The monoisotopic (exact) mass is 634 g/mol. The van der Waals surface area contributed by atoms with Crippen molar-refractivity contribution in [2.24, 2.45) is 11.8 Å². The number of carbonyl (C=O) groups is 1. The number of carboxylic acid groups (broad SMARTS) is 1. The van der Waals surface area contributed by atoms with Gasteiger partial charge >= 0.3 is 5.97 Å². The SMILES string of the molecule is CCCCOc1cc(N2CC(OCCCOC)C(C)C2CC(=O)O)cnc1OC1CCN(c2cc(OC)ncc2Cl)CC1C. The molecule has 2 aliphatic heterocycles. The van der Waals surface area contributed by atoms with Crippen LogP contribution >= 0.6 is 11.6 Å². The van der Waals surface area contributed by atoms with Gasteiger partial charge in [0.15, 0.2) is 5.75 Å². The summed E-state index contributed by atoms with van der Waals surface area (Å²) in [4.78, 5) is 25.1. The summed E-state index contributed by atoms with van der Waals surface area (Å²) >= 11 is 6.48. The average Bonchev–Trinajstić information content (AvgIpc) is 3.31. The van der Waals surface area contributed by atoms with Crippen molar-refractivity contribution in [1.82, 2.24) is 9.97 Å². The van der Waals surface area contributed by atoms with Crippen molar-refractivity contribution < 1.29 is 33.6 Å². The largest absolute Gasteiger partial charge is 0.488 e. The summed E-state index contributed by atoms with van der Waals surface area (Å²) in [6.07, 6.45) is 6.66. The number of halogens is 1. The molecule has 2 aromatic rings. The minimum absolute atomic E-state index is 0.00678. The Kier molecular flexibility index (Phi) is 12.6. The Morgan fingerprint density at radius 2 is 1.89 bits per heavy atom. The molecule has 0 bridgehead atoms. The Balaban J connectivity index is 1.51. The minimum Gasteiger partial charge on any atom is -0.488 e. The van der Waals surface area contributed by atoms with Crippen molar-refractivity contribution in [3.63, 3.8) is 0 Å². The molecule has 5 atom stereocenters. The molecule has 0 radical (unpaired) electrons. The molecule has 0 saturated carbocycles. The van der Waals surface area contributed by atoms with Gasteiger partial charge in [0.2, 0.25) is 5.88 Å². The van der Waals surface area contributed by atoms with Crippen molar-refractivity contribution >= 4 is 28.9 Å². The van der Waals surface area contributed by atoms with Crippen LogP contribution in [0.15, 0.2) is 24.5 Å². The molecule has 0 aliphatic carbocycles. The predicted octanol–water partition coefficient (Wildman–Crippen LogP) is 5.33. The topological polar surface area (TPSA) is 116 Å². The first-order valence-electron chi connectivity index (χ1n) is 15.6. The smallest absolute Gasteiger partial charge is 0.305 e. The molecule has 2 aliphatic rings. The zero-order valence-corrected chi connectivity index (χ0v) is 27.3. The van der Waals surface area contributed by atoms with E-state index in [2.05, 4.69) is 35.6 Å². The molecule has 5 unspecified atom stereocenters. The molecule has 11 nitrogen and oxygen atoms in total. The van der Waals surface area contributed by atoms with Gasteiger partial charge in [0.1, 0.15) is 6.10 Å². The van der Waals surface area contributed by atoms with Crippen LogP contribution in [0.3, 0.4) is 0 Å². The second-order valence-electron chi connectivity index (χ2n) is 11.7. The van der Waals surface area contributed by atoms with E-state index in [0.717, 1.165) is 50.1 Å². The maximum Gasteiger partial charge on any atom is 0.305 e. The quantitative estimate of drug-likeness (QED) is 0.242. The Bertz CT molecular complexity index is 1220. The van der Waals surface area contributed by atoms with Gasteiger partial charge in [-0.2, -0.15) is 0 Å². The van der Waals surface area contributed by atoms with E-state index in [4.69, 9.17) is 40.3 Å². The highest BCUT2D eigenvalue weighted by Crippen LogP contribution is 2.39. The van der Waals surface area contributed by atoms with Crippen molar-refractivity contribution in [3.8, 4) is 17.5 Å². The van der Waals surface area contributed by atoms with Crippen molar-refractivity contribution in [1.29, 1.82) is 0 Å². The Morgan fingerprint density at radius 3 is 2.59 bits per heavy atom. The lowest BCUT2D eigenvalue weighted by Gasteiger charge is -2.38. The zero-order valence-electron chi connectivity index (χ0n) is 26.5. The molecular weight excluding hydrogens is 588 g/mol. The first-order valence-corrected chi connectivity index (χ1v) is 16.0. The number of anilines is 2. The van der Waals surface area contributed by atoms with E-state index in [0.29, 0.717) is 48.9 Å². The highest BCUT2D eigenvalue weighted by atomic mass is 35.5. The van der Waals surface area contributed by atoms with E-state index in [1.54, 1.807) is 26.6 Å². The highest BCUT2D eigenvalue weighted by Gasteiger charge is 2.41. The van der Waals surface area contributed by atoms with E-state index in [9.17, 15) is 9.90 Å². The maximum absolute atomic E-state index is 11.8. The number of hydrogen-bond acceptors (Lipinski definition) is 10. The number of rotatable bonds is 16. The molecule has 1 N–H and O–H groups in total. The molecule has 4 heterocycles. The van der Waals surface area contributed by atoms with Crippen molar-refractivity contribution in [3.05, 3.63) is 29.5 Å². The van der Waals surface area contributed by atoms with Gasteiger partial charge in [-0.1, -0.05) is 38.8 Å². The second kappa shape index (κ2) is 16.3. The predicted molar refractivity (Wildman–Crippen MR) is 170 cm³/mol. The lowest BCUT2D eigenvalue weighted by molar-refractivity contribution is -0.137. The number of unbranched alkanes of at least 4 members (excludes halogenated alkanes) is 1. The molecule has 2 saturated heterocycles. The van der Waals surface area contributed by atoms with Gasteiger partial charge < -0.3 is 38.6 Å². The van der Waals surface area contributed by atoms with E-state index in [-0.39, 0.29) is 36.5 Å². The number of pyridine rings is 2. The molecule has 244 valence electrons. The van der Waals surface area contributed by atoms with Crippen molar-refractivity contribution in [2.75, 3.05) is 63.5 Å². The van der Waals surface area contributed by atoms with Crippen molar-refractivity contribution in [2.45, 2.75) is 71.1 Å². The van der Waals surface area contributed by atoms with Gasteiger partial charge in [-0.3, -0.25) is 4.79 Å². The number of hydrogen-bond donors (Lipinski definition) is 1. The highest BCUT2D eigenvalue weighted by molar-refractivity contribution is 6.33. The molecule has 0 spiro atoms. The van der Waals surface area contributed by atoms with E-state index in [1.165, 1.54) is 0 Å².